The average molecular weight is 442 g/mol. The molecule has 0 fully saturated rings. The van der Waals surface area contributed by atoms with Crippen LogP contribution < -0.4 is 10.6 Å². The minimum atomic E-state index is -3.39. The highest BCUT2D eigenvalue weighted by molar-refractivity contribution is 7.97. The number of esters is 1. The van der Waals surface area contributed by atoms with Crippen molar-refractivity contribution >= 4 is 55.4 Å². The van der Waals surface area contributed by atoms with E-state index < -0.39 is 15.8 Å². The Bertz CT molecular complexity index is 1330. The summed E-state index contributed by atoms with van der Waals surface area (Å²) in [5, 5.41) is 9.77. The first-order chi connectivity index (χ1) is 14.4. The van der Waals surface area contributed by atoms with E-state index in [4.69, 9.17) is 16.3 Å². The molecular weight excluding hydrogens is 426 g/mol. The van der Waals surface area contributed by atoms with Gasteiger partial charge in [-0.3, -0.25) is 4.98 Å². The molecule has 0 spiro atoms. The zero-order chi connectivity index (χ0) is 21.3. The normalized spacial score (nSPS) is 14.4. The molecule has 0 bridgehead atoms. The molecule has 7 nitrogen and oxygen atoms in total. The molecule has 2 heterocycles. The van der Waals surface area contributed by atoms with Gasteiger partial charge in [-0.05, 0) is 36.4 Å². The van der Waals surface area contributed by atoms with Gasteiger partial charge in [-0.2, -0.15) is 0 Å². The molecule has 3 aromatic rings. The number of nitrogens with one attached hydrogen (secondary N) is 2. The van der Waals surface area contributed by atoms with Crippen LogP contribution in [0.2, 0.25) is 5.02 Å². The molecule has 2 N–H and O–H groups in total. The van der Waals surface area contributed by atoms with Crippen molar-refractivity contribution in [3.8, 4) is 0 Å². The summed E-state index contributed by atoms with van der Waals surface area (Å²) < 4.78 is 28.3. The number of halogens is 1. The Morgan fingerprint density at radius 2 is 1.90 bits per heavy atom. The monoisotopic (exact) mass is 441 g/mol. The molecule has 0 atom stereocenters. The number of sulfone groups is 1. The summed E-state index contributed by atoms with van der Waals surface area (Å²) in [6, 6.07) is 12.2. The molecule has 1 aliphatic rings. The van der Waals surface area contributed by atoms with Crippen molar-refractivity contribution < 1.29 is 17.9 Å². The molecule has 0 radical (unpaired) electrons. The second-order valence-corrected chi connectivity index (χ2v) is 8.58. The van der Waals surface area contributed by atoms with Gasteiger partial charge in [-0.25, -0.2) is 13.2 Å². The molecule has 30 heavy (non-hydrogen) atoms. The number of fused-ring (bicyclic) bond motifs is 1. The van der Waals surface area contributed by atoms with Crippen LogP contribution >= 0.6 is 11.6 Å². The largest absolute Gasteiger partial charge is 0.465 e. The van der Waals surface area contributed by atoms with Gasteiger partial charge in [0.05, 0.1) is 52.6 Å². The summed E-state index contributed by atoms with van der Waals surface area (Å²) >= 11 is 6.21. The highest BCUT2D eigenvalue weighted by Gasteiger charge is 2.17. The lowest BCUT2D eigenvalue weighted by Crippen LogP contribution is -2.07. The molecule has 0 amide bonds. The van der Waals surface area contributed by atoms with E-state index in [0.29, 0.717) is 44.2 Å². The van der Waals surface area contributed by atoms with Crippen LogP contribution in [0.5, 0.6) is 0 Å². The molecule has 4 rings (SSSR count). The Morgan fingerprint density at radius 3 is 2.63 bits per heavy atom. The van der Waals surface area contributed by atoms with Crippen LogP contribution in [0, 0.1) is 0 Å². The van der Waals surface area contributed by atoms with E-state index >= 15 is 0 Å². The maximum atomic E-state index is 12.2. The van der Waals surface area contributed by atoms with Crippen LogP contribution in [-0.4, -0.2) is 26.5 Å². The number of carbonyl (C=O) groups is 1. The van der Waals surface area contributed by atoms with Crippen molar-refractivity contribution in [2.24, 2.45) is 0 Å². The van der Waals surface area contributed by atoms with Gasteiger partial charge in [0.15, 0.2) is 9.84 Å². The summed E-state index contributed by atoms with van der Waals surface area (Å²) in [6.07, 6.45) is 3.04. The smallest absolute Gasteiger partial charge is 0.339 e. The van der Waals surface area contributed by atoms with Gasteiger partial charge in [0, 0.05) is 15.8 Å². The lowest BCUT2D eigenvalue weighted by molar-refractivity contribution is 0.0602. The molecule has 152 valence electrons. The first-order valence-electron chi connectivity index (χ1n) is 8.81. The van der Waals surface area contributed by atoms with Gasteiger partial charge in [0.2, 0.25) is 0 Å². The van der Waals surface area contributed by atoms with Gasteiger partial charge >= 0.3 is 5.97 Å². The first-order valence-corrected chi connectivity index (χ1v) is 10.8. The van der Waals surface area contributed by atoms with Crippen molar-refractivity contribution in [2.45, 2.75) is 0 Å². The number of methoxy groups -OCH3 is 1. The molecule has 2 aromatic carbocycles. The zero-order valence-electron chi connectivity index (χ0n) is 15.7. The number of pyridine rings is 1. The summed E-state index contributed by atoms with van der Waals surface area (Å²) in [4.78, 5) is 16.6. The second-order valence-electron chi connectivity index (χ2n) is 6.46. The molecule has 0 unspecified atom stereocenters. The number of para-hydroxylation sites is 1. The van der Waals surface area contributed by atoms with Crippen LogP contribution in [0.15, 0.2) is 71.3 Å². The summed E-state index contributed by atoms with van der Waals surface area (Å²) in [7, 11) is -2.07. The third kappa shape index (κ3) is 4.00. The number of aromatic nitrogens is 1. The van der Waals surface area contributed by atoms with Crippen molar-refractivity contribution in [3.63, 3.8) is 0 Å². The van der Waals surface area contributed by atoms with E-state index in [9.17, 15) is 13.2 Å². The van der Waals surface area contributed by atoms with Gasteiger partial charge < -0.3 is 15.4 Å². The summed E-state index contributed by atoms with van der Waals surface area (Å²) in [5.74, 6) is -0.489. The third-order valence-corrected chi connectivity index (χ3v) is 5.76. The Morgan fingerprint density at radius 1 is 1.10 bits per heavy atom. The molecule has 1 aromatic heterocycles. The Labute approximate surface area is 177 Å². The highest BCUT2D eigenvalue weighted by atomic mass is 35.5. The molecular formula is C21H16ClN3O4S. The maximum Gasteiger partial charge on any atom is 0.339 e. The maximum absolute atomic E-state index is 12.2. The predicted molar refractivity (Wildman–Crippen MR) is 118 cm³/mol. The fourth-order valence-electron chi connectivity index (χ4n) is 3.06. The van der Waals surface area contributed by atoms with E-state index in [0.717, 1.165) is 10.8 Å². The number of anilines is 3. The average Bonchev–Trinajstić information content (AvgIpc) is 3.07. The summed E-state index contributed by atoms with van der Waals surface area (Å²) in [5.41, 5.74) is 3.02. The minimum absolute atomic E-state index is 0.348. The van der Waals surface area contributed by atoms with Gasteiger partial charge in [-0.15, -0.1) is 0 Å². The van der Waals surface area contributed by atoms with Gasteiger partial charge in [-0.1, -0.05) is 23.7 Å². The Balaban J connectivity index is 1.86. The first kappa shape index (κ1) is 19.9. The fraction of sp³-hybridized carbons (Fsp3) is 0.0476. The number of nitrogens with zero attached hydrogens (tertiary/aromatic N) is 1. The number of hydrogen-bond donors (Lipinski definition) is 2. The van der Waals surface area contributed by atoms with E-state index in [2.05, 4.69) is 15.6 Å². The van der Waals surface area contributed by atoms with Crippen LogP contribution in [0.1, 0.15) is 10.4 Å². The molecule has 0 saturated carbocycles. The van der Waals surface area contributed by atoms with E-state index in [1.165, 1.54) is 13.2 Å². The Kier molecular flexibility index (Phi) is 5.19. The summed E-state index contributed by atoms with van der Waals surface area (Å²) in [6.45, 7) is 0. The minimum Gasteiger partial charge on any atom is -0.465 e. The number of hydrogen-bond acceptors (Lipinski definition) is 7. The number of carbonyl (C=O) groups excluding carboxylic acids is 1. The van der Waals surface area contributed by atoms with E-state index in [1.54, 1.807) is 48.7 Å². The lowest BCUT2D eigenvalue weighted by Gasteiger charge is -2.17. The van der Waals surface area contributed by atoms with Gasteiger partial charge in [0.25, 0.3) is 0 Å². The fourth-order valence-corrected chi connectivity index (χ4v) is 4.14. The topological polar surface area (TPSA) is 97.4 Å². The molecule has 1 aliphatic heterocycles. The number of allylic oxidation sites excluding steroid dienone is 1. The standard InChI is InChI=1S/C21H16ClN3O4S/c1-29-21(26)15-4-2-3-5-18(15)25-20-16-10-13(22)6-7-17(16)23-11-19(20)24-14-8-9-30(27,28)12-14/h2-12,24H,1H3,(H,23,25). The predicted octanol–water partition coefficient (Wildman–Crippen LogP) is 4.61. The van der Waals surface area contributed by atoms with Crippen molar-refractivity contribution in [1.82, 2.24) is 4.98 Å². The number of ether oxygens (including phenoxy) is 1. The van der Waals surface area contributed by atoms with Crippen molar-refractivity contribution in [2.75, 3.05) is 17.7 Å². The molecule has 0 saturated heterocycles. The van der Waals surface area contributed by atoms with Crippen LogP contribution in [0.25, 0.3) is 10.9 Å². The zero-order valence-corrected chi connectivity index (χ0v) is 17.3. The Hall–Kier alpha value is -3.36. The van der Waals surface area contributed by atoms with Gasteiger partial charge in [0.1, 0.15) is 0 Å². The molecule has 0 aliphatic carbocycles. The third-order valence-electron chi connectivity index (χ3n) is 4.43. The lowest BCUT2D eigenvalue weighted by atomic mass is 10.1. The van der Waals surface area contributed by atoms with Crippen LogP contribution in [0.4, 0.5) is 17.1 Å². The van der Waals surface area contributed by atoms with Crippen molar-refractivity contribution in [1.29, 1.82) is 0 Å². The van der Waals surface area contributed by atoms with Crippen LogP contribution in [0.3, 0.4) is 0 Å². The second kappa shape index (κ2) is 7.81. The SMILES string of the molecule is COC(=O)c1ccccc1Nc1c(NC2=CS(=O)(=O)C=C2)cnc2ccc(Cl)cc12. The van der Waals surface area contributed by atoms with E-state index in [-0.39, 0.29) is 0 Å². The van der Waals surface area contributed by atoms with E-state index in [1.807, 2.05) is 0 Å². The highest BCUT2D eigenvalue weighted by Crippen LogP contribution is 2.36. The number of rotatable bonds is 5. The molecule has 9 heteroatoms. The quantitative estimate of drug-likeness (QED) is 0.558. The van der Waals surface area contributed by atoms with Crippen molar-refractivity contribution in [3.05, 3.63) is 81.8 Å². The number of benzene rings is 2. The van der Waals surface area contributed by atoms with Crippen LogP contribution in [-0.2, 0) is 14.6 Å².